The second-order valence-corrected chi connectivity index (χ2v) is 6.49. The summed E-state index contributed by atoms with van der Waals surface area (Å²) in [6, 6.07) is 6.32. The van der Waals surface area contributed by atoms with Crippen LogP contribution in [-0.2, 0) is 4.79 Å². The number of nitrogens with zero attached hydrogens (tertiary/aromatic N) is 3. The van der Waals surface area contributed by atoms with E-state index in [0.717, 1.165) is 22.7 Å². The third kappa shape index (κ3) is 3.29. The van der Waals surface area contributed by atoms with Gasteiger partial charge in [-0.3, -0.25) is 4.79 Å². The Morgan fingerprint density at radius 1 is 1.33 bits per heavy atom. The van der Waals surface area contributed by atoms with Gasteiger partial charge in [0.25, 0.3) is 0 Å². The molecule has 0 bridgehead atoms. The highest BCUT2D eigenvalue weighted by Crippen LogP contribution is 2.30. The fraction of sp³-hybridized carbons (Fsp3) is 0.188. The predicted octanol–water partition coefficient (Wildman–Crippen LogP) is 3.78. The number of fused-ring (bicyclic) bond motifs is 1. The fourth-order valence-corrected chi connectivity index (χ4v) is 2.72. The first-order chi connectivity index (χ1) is 11.1. The van der Waals surface area contributed by atoms with Crippen LogP contribution in [-0.4, -0.2) is 20.7 Å². The van der Waals surface area contributed by atoms with Gasteiger partial charge in [0.15, 0.2) is 5.65 Å². The summed E-state index contributed by atoms with van der Waals surface area (Å²) in [5.74, 6) is -0.336. The lowest BCUT2D eigenvalue weighted by atomic mass is 10.2. The number of halogens is 2. The van der Waals surface area contributed by atoms with Gasteiger partial charge in [-0.1, -0.05) is 0 Å². The minimum absolute atomic E-state index is 0. The van der Waals surface area contributed by atoms with E-state index in [4.69, 9.17) is 0 Å². The molecule has 5 nitrogen and oxygen atoms in total. The van der Waals surface area contributed by atoms with Gasteiger partial charge in [0.2, 0.25) is 5.91 Å². The number of aromatic nitrogens is 3. The normalized spacial score (nSPS) is 13.6. The summed E-state index contributed by atoms with van der Waals surface area (Å²) < 4.78 is 16.4. The molecule has 1 saturated carbocycles. The van der Waals surface area contributed by atoms with E-state index >= 15 is 0 Å². The summed E-state index contributed by atoms with van der Waals surface area (Å²) in [5.41, 5.74) is 1.36. The van der Waals surface area contributed by atoms with Gasteiger partial charge in [0.1, 0.15) is 11.5 Å². The van der Waals surface area contributed by atoms with Gasteiger partial charge in [-0.15, -0.1) is 5.10 Å². The Bertz CT molecular complexity index is 926. The molecule has 24 heavy (non-hydrogen) atoms. The highest BCUT2D eigenvalue weighted by Gasteiger charge is 2.29. The number of amides is 1. The van der Waals surface area contributed by atoms with Gasteiger partial charge in [0.05, 0.1) is 0 Å². The van der Waals surface area contributed by atoms with E-state index in [1.54, 1.807) is 24.5 Å². The number of benzene rings is 1. The van der Waals surface area contributed by atoms with Crippen LogP contribution in [0.2, 0.25) is 0 Å². The van der Waals surface area contributed by atoms with E-state index in [2.05, 4.69) is 31.3 Å². The Morgan fingerprint density at radius 3 is 2.88 bits per heavy atom. The lowest BCUT2D eigenvalue weighted by molar-refractivity contribution is -0.117. The zero-order valence-corrected chi connectivity index (χ0v) is 15.0. The molecule has 8 heteroatoms. The largest absolute Gasteiger partial charge is 0.326 e. The first kappa shape index (κ1) is 16.9. The van der Waals surface area contributed by atoms with Crippen molar-refractivity contribution in [2.24, 2.45) is 5.92 Å². The number of hydrogen-bond acceptors (Lipinski definition) is 3. The average molecular weight is 409 g/mol. The predicted molar refractivity (Wildman–Crippen MR) is 98.3 cm³/mol. The van der Waals surface area contributed by atoms with Crippen molar-refractivity contribution >= 4 is 52.1 Å². The summed E-state index contributed by atoms with van der Waals surface area (Å²) in [6.07, 6.45) is 5.19. The molecular weight excluding hydrogens is 395 g/mol. The fourth-order valence-electron chi connectivity index (χ4n) is 2.37. The third-order valence-corrected chi connectivity index (χ3v) is 4.17. The Kier molecular flexibility index (Phi) is 4.60. The summed E-state index contributed by atoms with van der Waals surface area (Å²) in [7, 11) is 0. The Hall–Kier alpha value is -1.93. The maximum absolute atomic E-state index is 14.2. The molecule has 2 aromatic heterocycles. The lowest BCUT2D eigenvalue weighted by Crippen LogP contribution is -2.13. The number of pyridine rings is 1. The van der Waals surface area contributed by atoms with E-state index in [1.807, 2.05) is 6.07 Å². The van der Waals surface area contributed by atoms with Crippen molar-refractivity contribution in [3.8, 4) is 5.69 Å². The van der Waals surface area contributed by atoms with Crippen molar-refractivity contribution in [1.29, 1.82) is 0 Å². The second kappa shape index (κ2) is 6.52. The molecule has 3 aromatic rings. The van der Waals surface area contributed by atoms with Crippen LogP contribution in [0.1, 0.15) is 12.8 Å². The van der Waals surface area contributed by atoms with E-state index in [9.17, 15) is 9.18 Å². The van der Waals surface area contributed by atoms with Crippen LogP contribution in [0, 0.1) is 11.7 Å². The van der Waals surface area contributed by atoms with E-state index < -0.39 is 5.82 Å². The Morgan fingerprint density at radius 2 is 2.12 bits per heavy atom. The number of anilines is 1. The van der Waals surface area contributed by atoms with Crippen molar-refractivity contribution in [1.82, 2.24) is 14.8 Å². The first-order valence-electron chi connectivity index (χ1n) is 7.22. The van der Waals surface area contributed by atoms with Crippen molar-refractivity contribution in [2.45, 2.75) is 12.8 Å². The number of carbonyl (C=O) groups is 1. The molecule has 1 aromatic carbocycles. The third-order valence-electron chi connectivity index (χ3n) is 3.73. The van der Waals surface area contributed by atoms with Gasteiger partial charge < -0.3 is 5.32 Å². The second-order valence-electron chi connectivity index (χ2n) is 5.57. The molecule has 1 aliphatic carbocycles. The van der Waals surface area contributed by atoms with Gasteiger partial charge in [-0.2, -0.15) is 13.5 Å². The van der Waals surface area contributed by atoms with E-state index in [1.165, 1.54) is 10.7 Å². The van der Waals surface area contributed by atoms with Gasteiger partial charge in [-0.25, -0.2) is 14.1 Å². The highest BCUT2D eigenvalue weighted by molar-refractivity contribution is 9.10. The quantitative estimate of drug-likeness (QED) is 0.716. The van der Waals surface area contributed by atoms with Crippen LogP contribution >= 0.6 is 29.4 Å². The molecule has 0 spiro atoms. The summed E-state index contributed by atoms with van der Waals surface area (Å²) >= 11 is 3.35. The van der Waals surface area contributed by atoms with Gasteiger partial charge >= 0.3 is 0 Å². The molecule has 0 saturated heterocycles. The molecule has 1 amide bonds. The van der Waals surface area contributed by atoms with E-state index in [0.29, 0.717) is 11.3 Å². The number of carbonyl (C=O) groups excluding carboxylic acids is 1. The van der Waals surface area contributed by atoms with Crippen LogP contribution in [0.25, 0.3) is 16.7 Å². The van der Waals surface area contributed by atoms with Gasteiger partial charge in [0, 0.05) is 33.9 Å². The minimum Gasteiger partial charge on any atom is -0.326 e. The van der Waals surface area contributed by atoms with Crippen LogP contribution in [0.4, 0.5) is 10.1 Å². The molecule has 1 fully saturated rings. The summed E-state index contributed by atoms with van der Waals surface area (Å²) in [5, 5.41) is 7.90. The SMILES string of the molecule is O=C(Nc1ccc(F)c(-n2cc3cc(Br)cnc3n2)c1)C1CC1.S. The molecule has 2 heterocycles. The van der Waals surface area contributed by atoms with Crippen molar-refractivity contribution in [3.63, 3.8) is 0 Å². The van der Waals surface area contributed by atoms with E-state index in [-0.39, 0.29) is 31.0 Å². The summed E-state index contributed by atoms with van der Waals surface area (Å²) in [4.78, 5) is 16.0. The molecule has 0 unspecified atom stereocenters. The molecule has 0 radical (unpaired) electrons. The molecule has 124 valence electrons. The zero-order chi connectivity index (χ0) is 16.0. The van der Waals surface area contributed by atoms with Crippen LogP contribution in [0.5, 0.6) is 0 Å². The van der Waals surface area contributed by atoms with Crippen LogP contribution in [0.3, 0.4) is 0 Å². The number of nitrogens with one attached hydrogen (secondary N) is 1. The highest BCUT2D eigenvalue weighted by atomic mass is 79.9. The summed E-state index contributed by atoms with van der Waals surface area (Å²) in [6.45, 7) is 0. The molecule has 1 aliphatic rings. The monoisotopic (exact) mass is 408 g/mol. The molecule has 0 aliphatic heterocycles. The minimum atomic E-state index is -0.415. The maximum atomic E-state index is 14.2. The van der Waals surface area contributed by atoms with Crippen LogP contribution in [0.15, 0.2) is 41.1 Å². The number of rotatable bonds is 3. The molecule has 1 N–H and O–H groups in total. The van der Waals surface area contributed by atoms with Crippen molar-refractivity contribution in [2.75, 3.05) is 5.32 Å². The standard InChI is InChI=1S/C16H12BrFN4O.H2S/c17-11-5-10-8-22(21-15(10)19-7-11)14-6-12(3-4-13(14)18)20-16(23)9-1-2-9;/h3-9H,1-2H2,(H,20,23);1H2. The van der Waals surface area contributed by atoms with Crippen molar-refractivity contribution < 1.29 is 9.18 Å². The lowest BCUT2D eigenvalue weighted by Gasteiger charge is -2.08. The number of hydrogen-bond donors (Lipinski definition) is 1. The Labute approximate surface area is 152 Å². The average Bonchev–Trinajstić information content (AvgIpc) is 3.29. The van der Waals surface area contributed by atoms with Crippen molar-refractivity contribution in [3.05, 3.63) is 46.9 Å². The molecule has 4 rings (SSSR count). The smallest absolute Gasteiger partial charge is 0.227 e. The zero-order valence-electron chi connectivity index (χ0n) is 12.5. The van der Waals surface area contributed by atoms with Gasteiger partial charge in [-0.05, 0) is 53.0 Å². The Balaban J connectivity index is 0.00000169. The topological polar surface area (TPSA) is 59.8 Å². The first-order valence-corrected chi connectivity index (χ1v) is 8.01. The van der Waals surface area contributed by atoms with Crippen LogP contribution < -0.4 is 5.32 Å². The molecular formula is C16H14BrFN4OS. The molecule has 0 atom stereocenters. The maximum Gasteiger partial charge on any atom is 0.227 e.